The van der Waals surface area contributed by atoms with Crippen molar-refractivity contribution in [3.8, 4) is 5.88 Å². The van der Waals surface area contributed by atoms with E-state index in [1.165, 1.54) is 0 Å². The quantitative estimate of drug-likeness (QED) is 0.835. The lowest BCUT2D eigenvalue weighted by molar-refractivity contribution is -0.153. The zero-order valence-electron chi connectivity index (χ0n) is 7.38. The highest BCUT2D eigenvalue weighted by atomic mass is 19.4. The summed E-state index contributed by atoms with van der Waals surface area (Å²) in [7, 11) is 0. The van der Waals surface area contributed by atoms with Crippen molar-refractivity contribution >= 4 is 11.0 Å². The second kappa shape index (κ2) is 3.41. The number of nitrogens with one attached hydrogen (secondary N) is 1. The number of H-pyrrole nitrogens is 1. The van der Waals surface area contributed by atoms with Crippen LogP contribution in [0.2, 0.25) is 0 Å². The first-order chi connectivity index (χ1) is 7.06. The largest absolute Gasteiger partial charge is 0.466 e. The van der Waals surface area contributed by atoms with Crippen LogP contribution in [0.5, 0.6) is 5.88 Å². The number of aromatic nitrogens is 3. The summed E-state index contributed by atoms with van der Waals surface area (Å²) in [5.74, 6) is -0.0951. The predicted molar refractivity (Wildman–Crippen MR) is 45.4 cm³/mol. The smallest absolute Gasteiger partial charge is 0.422 e. The highest BCUT2D eigenvalue weighted by Gasteiger charge is 2.29. The molecule has 2 aromatic rings. The van der Waals surface area contributed by atoms with Crippen LogP contribution in [0.15, 0.2) is 18.6 Å². The molecule has 80 valence electrons. The maximum absolute atomic E-state index is 11.9. The molecule has 0 atom stereocenters. The van der Waals surface area contributed by atoms with Gasteiger partial charge in [-0.2, -0.15) is 18.2 Å². The molecule has 0 aliphatic rings. The minimum Gasteiger partial charge on any atom is -0.466 e. The first kappa shape index (κ1) is 9.75. The zero-order chi connectivity index (χ0) is 10.9. The summed E-state index contributed by atoms with van der Waals surface area (Å²) in [6.07, 6.45) is -1.66. The number of rotatable bonds is 2. The lowest BCUT2D eigenvalue weighted by atomic mass is 10.4. The second-order valence-electron chi connectivity index (χ2n) is 2.82. The van der Waals surface area contributed by atoms with Crippen LogP contribution < -0.4 is 4.74 Å². The lowest BCUT2D eigenvalue weighted by Gasteiger charge is -2.08. The summed E-state index contributed by atoms with van der Waals surface area (Å²) in [6.45, 7) is -1.36. The fourth-order valence-corrected chi connectivity index (χ4v) is 1.11. The molecule has 0 saturated carbocycles. The summed E-state index contributed by atoms with van der Waals surface area (Å²) in [6, 6.07) is 1.62. The Morgan fingerprint density at radius 3 is 2.87 bits per heavy atom. The van der Waals surface area contributed by atoms with Crippen molar-refractivity contribution in [3.63, 3.8) is 0 Å². The van der Waals surface area contributed by atoms with Gasteiger partial charge in [0.05, 0.1) is 5.52 Å². The number of halogens is 3. The summed E-state index contributed by atoms with van der Waals surface area (Å²) in [5, 5.41) is 0. The minimum absolute atomic E-state index is 0.0951. The monoisotopic (exact) mass is 217 g/mol. The molecule has 2 rings (SSSR count). The molecule has 4 nitrogen and oxygen atoms in total. The van der Waals surface area contributed by atoms with Crippen molar-refractivity contribution in [2.24, 2.45) is 0 Å². The summed E-state index contributed by atoms with van der Waals surface area (Å²) >= 11 is 0. The van der Waals surface area contributed by atoms with Gasteiger partial charge in [-0.1, -0.05) is 0 Å². The number of ether oxygens (including phenoxy) is 1. The number of alkyl halides is 3. The van der Waals surface area contributed by atoms with E-state index in [-0.39, 0.29) is 5.88 Å². The number of nitrogens with zero attached hydrogens (tertiary/aromatic N) is 2. The van der Waals surface area contributed by atoms with Crippen LogP contribution in [0.3, 0.4) is 0 Å². The average molecular weight is 217 g/mol. The van der Waals surface area contributed by atoms with Crippen molar-refractivity contribution in [1.29, 1.82) is 0 Å². The summed E-state index contributed by atoms with van der Waals surface area (Å²) in [5.41, 5.74) is 0.879. The van der Waals surface area contributed by atoms with Crippen molar-refractivity contribution in [2.45, 2.75) is 6.18 Å². The third-order valence-electron chi connectivity index (χ3n) is 1.68. The Hall–Kier alpha value is -1.79. The summed E-state index contributed by atoms with van der Waals surface area (Å²) < 4.78 is 40.2. The SMILES string of the molecule is FC(F)(F)COc1ncnc2cc[nH]c12. The van der Waals surface area contributed by atoms with Gasteiger partial charge in [0.2, 0.25) is 5.88 Å². The highest BCUT2D eigenvalue weighted by molar-refractivity contribution is 5.79. The Labute approximate surface area is 82.1 Å². The Bertz CT molecular complexity index is 465. The van der Waals surface area contributed by atoms with Crippen molar-refractivity contribution in [1.82, 2.24) is 15.0 Å². The van der Waals surface area contributed by atoms with Gasteiger partial charge in [0.1, 0.15) is 11.8 Å². The molecule has 1 N–H and O–H groups in total. The van der Waals surface area contributed by atoms with E-state index in [2.05, 4.69) is 19.7 Å². The van der Waals surface area contributed by atoms with E-state index in [0.717, 1.165) is 6.33 Å². The number of fused-ring (bicyclic) bond motifs is 1. The van der Waals surface area contributed by atoms with Crippen molar-refractivity contribution < 1.29 is 17.9 Å². The Morgan fingerprint density at radius 2 is 2.13 bits per heavy atom. The predicted octanol–water partition coefficient (Wildman–Crippen LogP) is 1.90. The molecular weight excluding hydrogens is 211 g/mol. The average Bonchev–Trinajstić information content (AvgIpc) is 2.61. The molecule has 2 aromatic heterocycles. The number of hydrogen-bond acceptors (Lipinski definition) is 3. The third-order valence-corrected chi connectivity index (χ3v) is 1.68. The molecule has 0 fully saturated rings. The molecule has 0 aliphatic carbocycles. The molecule has 0 radical (unpaired) electrons. The second-order valence-corrected chi connectivity index (χ2v) is 2.82. The van der Waals surface area contributed by atoms with Gasteiger partial charge in [-0.25, -0.2) is 4.98 Å². The Balaban J connectivity index is 2.24. The van der Waals surface area contributed by atoms with Crippen LogP contribution >= 0.6 is 0 Å². The molecule has 0 amide bonds. The van der Waals surface area contributed by atoms with Crippen LogP contribution in [0, 0.1) is 0 Å². The molecular formula is C8H6F3N3O. The van der Waals surface area contributed by atoms with Crippen LogP contribution in [-0.2, 0) is 0 Å². The molecule has 2 heterocycles. The zero-order valence-corrected chi connectivity index (χ0v) is 7.38. The molecule has 0 aliphatic heterocycles. The fraction of sp³-hybridized carbons (Fsp3) is 0.250. The van der Waals surface area contributed by atoms with Gasteiger partial charge in [-0.05, 0) is 6.07 Å². The molecule has 15 heavy (non-hydrogen) atoms. The molecule has 0 unspecified atom stereocenters. The number of hydrogen-bond donors (Lipinski definition) is 1. The van der Waals surface area contributed by atoms with E-state index in [1.807, 2.05) is 0 Å². The molecule has 0 aromatic carbocycles. The van der Waals surface area contributed by atoms with E-state index in [9.17, 15) is 13.2 Å². The van der Waals surface area contributed by atoms with Crippen LogP contribution in [0.1, 0.15) is 0 Å². The maximum atomic E-state index is 11.9. The standard InChI is InChI=1S/C8H6F3N3O/c9-8(10,11)3-15-7-6-5(1-2-12-6)13-4-14-7/h1-2,4,12H,3H2. The minimum atomic E-state index is -4.37. The van der Waals surface area contributed by atoms with Gasteiger partial charge in [-0.15, -0.1) is 0 Å². The van der Waals surface area contributed by atoms with Crippen molar-refractivity contribution in [2.75, 3.05) is 6.61 Å². The molecule has 0 bridgehead atoms. The highest BCUT2D eigenvalue weighted by Crippen LogP contribution is 2.22. The fourth-order valence-electron chi connectivity index (χ4n) is 1.11. The van der Waals surface area contributed by atoms with Crippen LogP contribution in [0.4, 0.5) is 13.2 Å². The van der Waals surface area contributed by atoms with Crippen LogP contribution in [0.25, 0.3) is 11.0 Å². The first-order valence-corrected chi connectivity index (χ1v) is 4.04. The van der Waals surface area contributed by atoms with E-state index < -0.39 is 12.8 Å². The van der Waals surface area contributed by atoms with Gasteiger partial charge in [0.15, 0.2) is 6.61 Å². The topological polar surface area (TPSA) is 50.8 Å². The van der Waals surface area contributed by atoms with Crippen LogP contribution in [-0.4, -0.2) is 27.7 Å². The molecule has 0 spiro atoms. The third kappa shape index (κ3) is 2.17. The lowest BCUT2D eigenvalue weighted by Crippen LogP contribution is -2.19. The van der Waals surface area contributed by atoms with E-state index in [1.54, 1.807) is 12.3 Å². The van der Waals surface area contributed by atoms with Gasteiger partial charge >= 0.3 is 6.18 Å². The van der Waals surface area contributed by atoms with Gasteiger partial charge in [0, 0.05) is 6.20 Å². The van der Waals surface area contributed by atoms with Gasteiger partial charge in [0.25, 0.3) is 0 Å². The summed E-state index contributed by atoms with van der Waals surface area (Å²) in [4.78, 5) is 10.2. The Morgan fingerprint density at radius 1 is 1.33 bits per heavy atom. The molecule has 7 heteroatoms. The van der Waals surface area contributed by atoms with E-state index in [0.29, 0.717) is 11.0 Å². The normalized spacial score (nSPS) is 11.9. The van der Waals surface area contributed by atoms with E-state index >= 15 is 0 Å². The first-order valence-electron chi connectivity index (χ1n) is 4.04. The van der Waals surface area contributed by atoms with E-state index in [4.69, 9.17) is 0 Å². The van der Waals surface area contributed by atoms with Crippen molar-refractivity contribution in [3.05, 3.63) is 18.6 Å². The molecule has 0 saturated heterocycles. The number of aromatic amines is 1. The Kier molecular flexibility index (Phi) is 2.22. The van der Waals surface area contributed by atoms with Gasteiger partial charge < -0.3 is 9.72 Å². The van der Waals surface area contributed by atoms with Gasteiger partial charge in [-0.3, -0.25) is 0 Å². The maximum Gasteiger partial charge on any atom is 0.422 e.